The highest BCUT2D eigenvalue weighted by Crippen LogP contribution is 2.44. The molecule has 1 aliphatic heterocycles. The molecule has 0 radical (unpaired) electrons. The van der Waals surface area contributed by atoms with Gasteiger partial charge in [0.2, 0.25) is 11.4 Å². The zero-order chi connectivity index (χ0) is 55.1. The number of unbranched alkanes of at least 4 members (excludes halogenated alkanes) is 33. The summed E-state index contributed by atoms with van der Waals surface area (Å²) < 4.78 is 1.63. The summed E-state index contributed by atoms with van der Waals surface area (Å²) in [5.41, 5.74) is 22.4. The van der Waals surface area contributed by atoms with Crippen molar-refractivity contribution < 1.29 is 4.70 Å². The van der Waals surface area contributed by atoms with Gasteiger partial charge in [-0.15, -0.1) is 0 Å². The van der Waals surface area contributed by atoms with Crippen LogP contribution in [-0.2, 0) is 12.8 Å². The van der Waals surface area contributed by atoms with Crippen molar-refractivity contribution in [2.75, 3.05) is 0 Å². The lowest BCUT2D eigenvalue weighted by atomic mass is 9.88. The van der Waals surface area contributed by atoms with Crippen molar-refractivity contribution in [3.05, 3.63) is 112 Å². The van der Waals surface area contributed by atoms with Gasteiger partial charge in [0.25, 0.3) is 0 Å². The SMILES string of the molecule is CCCCCCCCCCCCCCCCCC=CCC(CCCC)CCc1ccccc1C1=C(C)C(CCCC)=C(c2ccccc2CCC(CC=CCCCCCCCCCCCCCCCCC)CCCC)[N+]1=[N-]. The molecule has 0 spiro atoms. The minimum absolute atomic E-state index is 0.695. The van der Waals surface area contributed by atoms with Crippen LogP contribution < -0.4 is 0 Å². The smallest absolute Gasteiger partial charge is 0.211 e. The normalized spacial score (nSPS) is 13.9. The highest BCUT2D eigenvalue weighted by molar-refractivity contribution is 5.83. The zero-order valence-corrected chi connectivity index (χ0v) is 52.2. The molecule has 0 N–H and O–H groups in total. The lowest BCUT2D eigenvalue weighted by Gasteiger charge is -2.18. The molecule has 2 aromatic rings. The summed E-state index contributed by atoms with van der Waals surface area (Å²) in [4.78, 5) is 0. The van der Waals surface area contributed by atoms with Gasteiger partial charge >= 0.3 is 0 Å². The quantitative estimate of drug-likeness (QED) is 0.0358. The van der Waals surface area contributed by atoms with Crippen molar-refractivity contribution in [2.24, 2.45) is 11.8 Å². The Labute approximate surface area is 480 Å². The van der Waals surface area contributed by atoms with E-state index in [1.54, 1.807) is 4.70 Å². The molecule has 2 heteroatoms. The highest BCUT2D eigenvalue weighted by atomic mass is 15.2. The highest BCUT2D eigenvalue weighted by Gasteiger charge is 2.35. The van der Waals surface area contributed by atoms with Crippen LogP contribution in [-0.4, -0.2) is 4.70 Å². The maximum atomic E-state index is 12.6. The van der Waals surface area contributed by atoms with Crippen LogP contribution >= 0.6 is 0 Å². The molecule has 2 unspecified atom stereocenters. The molecule has 436 valence electrons. The first-order valence-electron chi connectivity index (χ1n) is 34.4. The fraction of sp³-hybridized carbons (Fsp3) is 0.733. The Morgan fingerprint density at radius 1 is 0.351 bits per heavy atom. The summed E-state index contributed by atoms with van der Waals surface area (Å²) in [6.45, 7) is 13.9. The van der Waals surface area contributed by atoms with E-state index < -0.39 is 0 Å². The van der Waals surface area contributed by atoms with E-state index in [9.17, 15) is 5.53 Å². The minimum Gasteiger partial charge on any atom is -0.493 e. The Morgan fingerprint density at radius 2 is 0.675 bits per heavy atom. The molecule has 2 nitrogen and oxygen atoms in total. The summed E-state index contributed by atoms with van der Waals surface area (Å²) in [6, 6.07) is 18.1. The number of hydrogen-bond donors (Lipinski definition) is 0. The van der Waals surface area contributed by atoms with Crippen LogP contribution in [0.5, 0.6) is 0 Å². The van der Waals surface area contributed by atoms with Crippen molar-refractivity contribution in [2.45, 2.75) is 343 Å². The second kappa shape index (κ2) is 47.8. The van der Waals surface area contributed by atoms with Gasteiger partial charge in [-0.3, -0.25) is 0 Å². The average Bonchev–Trinajstić information content (AvgIpc) is 3.74. The summed E-state index contributed by atoms with van der Waals surface area (Å²) >= 11 is 0. The van der Waals surface area contributed by atoms with Gasteiger partial charge < -0.3 is 5.53 Å². The van der Waals surface area contributed by atoms with Crippen molar-refractivity contribution >= 4 is 11.4 Å². The Hall–Kier alpha value is -3.00. The molecule has 0 saturated heterocycles. The topological polar surface area (TPSA) is 25.3 Å². The second-order valence-electron chi connectivity index (χ2n) is 24.5. The third-order valence-electron chi connectivity index (χ3n) is 17.6. The molecular formula is C75H126N2. The van der Waals surface area contributed by atoms with Gasteiger partial charge in [0.05, 0.1) is 0 Å². The first-order chi connectivity index (χ1) is 38.0. The predicted molar refractivity (Wildman–Crippen MR) is 345 cm³/mol. The van der Waals surface area contributed by atoms with Gasteiger partial charge in [-0.1, -0.05) is 320 Å². The molecule has 2 atom stereocenters. The number of benzene rings is 2. The van der Waals surface area contributed by atoms with E-state index in [0.29, 0.717) is 11.8 Å². The second-order valence-corrected chi connectivity index (χ2v) is 24.5. The molecule has 0 bridgehead atoms. The first-order valence-corrected chi connectivity index (χ1v) is 34.4. The Bertz CT molecular complexity index is 1860. The van der Waals surface area contributed by atoms with E-state index in [0.717, 1.165) is 43.5 Å². The molecule has 1 heterocycles. The maximum Gasteiger partial charge on any atom is 0.211 e. The minimum atomic E-state index is 0.695. The largest absolute Gasteiger partial charge is 0.493 e. The van der Waals surface area contributed by atoms with Gasteiger partial charge in [0.1, 0.15) is 0 Å². The van der Waals surface area contributed by atoms with E-state index in [1.165, 1.54) is 303 Å². The number of aryl methyl sites for hydroxylation is 2. The predicted octanol–water partition coefficient (Wildman–Crippen LogP) is 26.0. The maximum absolute atomic E-state index is 12.6. The van der Waals surface area contributed by atoms with E-state index >= 15 is 0 Å². The summed E-state index contributed by atoms with van der Waals surface area (Å²) in [7, 11) is 0. The van der Waals surface area contributed by atoms with E-state index in [1.807, 2.05) is 0 Å². The molecule has 0 aromatic heterocycles. The first kappa shape index (κ1) is 68.3. The third-order valence-corrected chi connectivity index (χ3v) is 17.6. The molecule has 0 fully saturated rings. The van der Waals surface area contributed by atoms with Crippen LogP contribution in [0.25, 0.3) is 16.9 Å². The standard InChI is InChI=1S/C75H126N2/c1-7-12-17-19-21-23-25-27-29-31-33-35-37-39-41-43-45-47-55-67(53-14-9-3)62-64-69-57-49-51-60-72(69)74-66(6)71(59-16-11-5)75(77(74)76)73-61-52-50-58-70(73)65-63-68(54-15-10-4)56-48-46-44-42-40-38-36-34-32-30-28-26-24-22-20-18-13-8-2/h45-52,57-58,60-61,67-68H,7-44,53-56,59,62-65H2,1-6H3. The summed E-state index contributed by atoms with van der Waals surface area (Å²) in [6.07, 6.45) is 73.1. The zero-order valence-electron chi connectivity index (χ0n) is 52.2. The molecule has 1 aliphatic rings. The van der Waals surface area contributed by atoms with Gasteiger partial charge in [0.15, 0.2) is 0 Å². The number of rotatable bonds is 53. The van der Waals surface area contributed by atoms with Gasteiger partial charge in [-0.05, 0) is 119 Å². The van der Waals surface area contributed by atoms with Crippen molar-refractivity contribution in [1.82, 2.24) is 0 Å². The number of hydrogen-bond acceptors (Lipinski definition) is 0. The number of nitrogens with zero attached hydrogens (tertiary/aromatic N) is 2. The Kier molecular flexibility index (Phi) is 42.4. The molecular weight excluding hydrogens is 929 g/mol. The van der Waals surface area contributed by atoms with Crippen LogP contribution in [0.3, 0.4) is 0 Å². The lowest BCUT2D eigenvalue weighted by molar-refractivity contribution is -0.345. The monoisotopic (exact) mass is 1050 g/mol. The Morgan fingerprint density at radius 3 is 1.04 bits per heavy atom. The number of allylic oxidation sites excluding steroid dienone is 6. The van der Waals surface area contributed by atoms with Gasteiger partial charge in [-0.2, -0.15) is 0 Å². The van der Waals surface area contributed by atoms with E-state index in [2.05, 4.69) is 114 Å². The Balaban J connectivity index is 1.51. The molecule has 0 amide bonds. The van der Waals surface area contributed by atoms with Gasteiger partial charge in [-0.25, -0.2) is 4.70 Å². The average molecular weight is 1060 g/mol. The van der Waals surface area contributed by atoms with Crippen LogP contribution in [0.4, 0.5) is 0 Å². The van der Waals surface area contributed by atoms with Crippen molar-refractivity contribution in [3.63, 3.8) is 0 Å². The van der Waals surface area contributed by atoms with Crippen LogP contribution in [0.15, 0.2) is 84.0 Å². The van der Waals surface area contributed by atoms with Crippen LogP contribution in [0.1, 0.15) is 353 Å². The summed E-state index contributed by atoms with van der Waals surface area (Å²) in [5.74, 6) is 1.39. The van der Waals surface area contributed by atoms with E-state index in [4.69, 9.17) is 0 Å². The molecule has 77 heavy (non-hydrogen) atoms. The molecule has 0 aliphatic carbocycles. The van der Waals surface area contributed by atoms with Crippen molar-refractivity contribution in [1.29, 1.82) is 0 Å². The molecule has 2 aromatic carbocycles. The van der Waals surface area contributed by atoms with Crippen molar-refractivity contribution in [3.8, 4) is 0 Å². The lowest BCUT2D eigenvalue weighted by Crippen LogP contribution is -2.09. The fourth-order valence-electron chi connectivity index (χ4n) is 12.5. The van der Waals surface area contributed by atoms with Gasteiger partial charge in [0, 0.05) is 22.3 Å². The summed E-state index contributed by atoms with van der Waals surface area (Å²) in [5, 5.41) is 0. The van der Waals surface area contributed by atoms with Crippen LogP contribution in [0.2, 0.25) is 0 Å². The fourth-order valence-corrected chi connectivity index (χ4v) is 12.5. The van der Waals surface area contributed by atoms with E-state index in [-0.39, 0.29) is 0 Å². The van der Waals surface area contributed by atoms with Crippen LogP contribution in [0, 0.1) is 11.8 Å². The third kappa shape index (κ3) is 31.0. The molecule has 0 saturated carbocycles. The molecule has 3 rings (SSSR count).